The molecule has 0 unspecified atom stereocenters. The Kier molecular flexibility index (Phi) is 4.85. The summed E-state index contributed by atoms with van der Waals surface area (Å²) in [5, 5.41) is 10.5. The van der Waals surface area contributed by atoms with E-state index in [2.05, 4.69) is 15.5 Å². The van der Waals surface area contributed by atoms with Gasteiger partial charge in [-0.3, -0.25) is 4.79 Å². The van der Waals surface area contributed by atoms with Gasteiger partial charge in [0.05, 0.1) is 5.75 Å². The van der Waals surface area contributed by atoms with Crippen molar-refractivity contribution in [3.05, 3.63) is 60.2 Å². The number of benzene rings is 2. The topological polar surface area (TPSA) is 68.0 Å². The fraction of sp³-hybridized carbons (Fsp3) is 0.0625. The summed E-state index contributed by atoms with van der Waals surface area (Å²) < 4.78 is 31.1. The Morgan fingerprint density at radius 3 is 2.29 bits per heavy atom. The molecule has 8 heteroatoms. The van der Waals surface area contributed by atoms with Gasteiger partial charge in [-0.2, -0.15) is 0 Å². The van der Waals surface area contributed by atoms with Gasteiger partial charge in [-0.05, 0) is 48.5 Å². The molecule has 3 rings (SSSR count). The Bertz CT molecular complexity index is 835. The minimum atomic E-state index is -0.374. The molecule has 1 N–H and O–H groups in total. The molecule has 0 aliphatic rings. The van der Waals surface area contributed by atoms with Crippen molar-refractivity contribution in [2.45, 2.75) is 5.22 Å². The molecule has 0 bridgehead atoms. The van der Waals surface area contributed by atoms with Gasteiger partial charge in [-0.25, -0.2) is 8.78 Å². The zero-order chi connectivity index (χ0) is 16.9. The third kappa shape index (κ3) is 4.17. The molecule has 0 saturated heterocycles. The molecule has 1 aromatic heterocycles. The van der Waals surface area contributed by atoms with Crippen LogP contribution in [0.3, 0.4) is 0 Å². The molecule has 0 saturated carbocycles. The van der Waals surface area contributed by atoms with E-state index in [9.17, 15) is 13.6 Å². The molecular formula is C16H11F2N3O2S. The smallest absolute Gasteiger partial charge is 0.277 e. The number of hydrogen-bond donors (Lipinski definition) is 1. The minimum absolute atomic E-state index is 0.0580. The number of nitrogens with zero attached hydrogens (tertiary/aromatic N) is 2. The highest BCUT2D eigenvalue weighted by Gasteiger charge is 2.11. The Hall–Kier alpha value is -2.74. The van der Waals surface area contributed by atoms with Gasteiger partial charge in [-0.15, -0.1) is 10.2 Å². The largest absolute Gasteiger partial charge is 0.411 e. The van der Waals surface area contributed by atoms with E-state index < -0.39 is 0 Å². The molecule has 5 nitrogen and oxygen atoms in total. The first-order valence-corrected chi connectivity index (χ1v) is 7.86. The van der Waals surface area contributed by atoms with Gasteiger partial charge >= 0.3 is 0 Å². The molecule has 122 valence electrons. The van der Waals surface area contributed by atoms with E-state index in [0.29, 0.717) is 11.3 Å². The Morgan fingerprint density at radius 2 is 1.62 bits per heavy atom. The summed E-state index contributed by atoms with van der Waals surface area (Å²) in [5.41, 5.74) is 1.09. The fourth-order valence-corrected chi connectivity index (χ4v) is 2.40. The number of thioether (sulfide) groups is 1. The molecule has 0 radical (unpaired) electrons. The molecule has 1 heterocycles. The average Bonchev–Trinajstić information content (AvgIpc) is 3.05. The number of carbonyl (C=O) groups excluding carboxylic acids is 1. The highest BCUT2D eigenvalue weighted by molar-refractivity contribution is 7.99. The van der Waals surface area contributed by atoms with Crippen molar-refractivity contribution >= 4 is 23.4 Å². The Morgan fingerprint density at radius 1 is 1.00 bits per heavy atom. The maximum Gasteiger partial charge on any atom is 0.277 e. The van der Waals surface area contributed by atoms with Crippen molar-refractivity contribution in [2.24, 2.45) is 0 Å². The highest BCUT2D eigenvalue weighted by Crippen LogP contribution is 2.23. The number of rotatable bonds is 5. The summed E-state index contributed by atoms with van der Waals surface area (Å²) in [5.74, 6) is -0.709. The van der Waals surface area contributed by atoms with Crippen LogP contribution in [-0.4, -0.2) is 21.9 Å². The van der Waals surface area contributed by atoms with Crippen LogP contribution in [0.15, 0.2) is 58.2 Å². The van der Waals surface area contributed by atoms with Crippen molar-refractivity contribution in [3.63, 3.8) is 0 Å². The number of hydrogen-bond acceptors (Lipinski definition) is 5. The van der Waals surface area contributed by atoms with E-state index in [0.717, 1.165) is 11.8 Å². The molecule has 0 aliphatic heterocycles. The third-order valence-corrected chi connectivity index (χ3v) is 3.77. The number of amides is 1. The molecule has 0 spiro atoms. The van der Waals surface area contributed by atoms with Crippen LogP contribution in [0.25, 0.3) is 11.5 Å². The maximum atomic E-state index is 12.9. The van der Waals surface area contributed by atoms with Crippen LogP contribution >= 0.6 is 11.8 Å². The van der Waals surface area contributed by atoms with Crippen LogP contribution in [0.1, 0.15) is 0 Å². The van der Waals surface area contributed by atoms with Crippen molar-refractivity contribution in [3.8, 4) is 11.5 Å². The molecule has 1 amide bonds. The molecule has 2 aromatic carbocycles. The zero-order valence-electron chi connectivity index (χ0n) is 12.2. The summed E-state index contributed by atoms with van der Waals surface area (Å²) >= 11 is 1.07. The fourth-order valence-electron chi connectivity index (χ4n) is 1.83. The third-order valence-electron chi connectivity index (χ3n) is 2.95. The van der Waals surface area contributed by atoms with Crippen LogP contribution in [0.5, 0.6) is 0 Å². The second-order valence-corrected chi connectivity index (χ2v) is 5.65. The van der Waals surface area contributed by atoms with Gasteiger partial charge in [-0.1, -0.05) is 11.8 Å². The quantitative estimate of drug-likeness (QED) is 0.712. The minimum Gasteiger partial charge on any atom is -0.411 e. The SMILES string of the molecule is O=C(CSc1nnc(-c2ccc(F)cc2)o1)Nc1ccc(F)cc1. The van der Waals surface area contributed by atoms with E-state index in [-0.39, 0.29) is 34.4 Å². The maximum absolute atomic E-state index is 12.9. The van der Waals surface area contributed by atoms with Crippen LogP contribution < -0.4 is 5.32 Å². The first-order valence-electron chi connectivity index (χ1n) is 6.88. The molecule has 0 fully saturated rings. The second kappa shape index (κ2) is 7.22. The van der Waals surface area contributed by atoms with Crippen LogP contribution in [0.4, 0.5) is 14.5 Å². The molecule has 3 aromatic rings. The van der Waals surface area contributed by atoms with Gasteiger partial charge in [0.15, 0.2) is 0 Å². The summed E-state index contributed by atoms with van der Waals surface area (Å²) in [6, 6.07) is 11.1. The number of aromatic nitrogens is 2. The van der Waals surface area contributed by atoms with Crippen LogP contribution in [0.2, 0.25) is 0 Å². The summed E-state index contributed by atoms with van der Waals surface area (Å²) in [6.07, 6.45) is 0. The van der Waals surface area contributed by atoms with Gasteiger partial charge in [0.1, 0.15) is 11.6 Å². The standard InChI is InChI=1S/C16H11F2N3O2S/c17-11-3-1-10(2-4-11)15-20-21-16(23-15)24-9-14(22)19-13-7-5-12(18)6-8-13/h1-8H,9H2,(H,19,22). The van der Waals surface area contributed by atoms with Crippen molar-refractivity contribution in [1.29, 1.82) is 0 Å². The summed E-state index contributed by atoms with van der Waals surface area (Å²) in [4.78, 5) is 11.8. The first kappa shape index (κ1) is 16.1. The number of nitrogens with one attached hydrogen (secondary N) is 1. The zero-order valence-corrected chi connectivity index (χ0v) is 13.0. The van der Waals surface area contributed by atoms with Gasteiger partial charge in [0, 0.05) is 11.3 Å². The molecule has 0 aliphatic carbocycles. The molecular weight excluding hydrogens is 336 g/mol. The second-order valence-electron chi connectivity index (χ2n) is 4.72. The lowest BCUT2D eigenvalue weighted by Gasteiger charge is -2.03. The lowest BCUT2D eigenvalue weighted by molar-refractivity contribution is -0.113. The lowest BCUT2D eigenvalue weighted by Crippen LogP contribution is -2.13. The van der Waals surface area contributed by atoms with Crippen LogP contribution in [0, 0.1) is 11.6 Å². The predicted octanol–water partition coefficient (Wildman–Crippen LogP) is 3.75. The first-order chi connectivity index (χ1) is 11.6. The number of anilines is 1. The van der Waals surface area contributed by atoms with Crippen LogP contribution in [-0.2, 0) is 4.79 Å². The summed E-state index contributed by atoms with van der Waals surface area (Å²) in [6.45, 7) is 0. The normalized spacial score (nSPS) is 10.6. The van der Waals surface area contributed by atoms with E-state index >= 15 is 0 Å². The number of halogens is 2. The molecule has 0 atom stereocenters. The summed E-state index contributed by atoms with van der Waals surface area (Å²) in [7, 11) is 0. The van der Waals surface area contributed by atoms with Gasteiger partial charge in [0.2, 0.25) is 11.8 Å². The Balaban J connectivity index is 1.56. The van der Waals surface area contributed by atoms with E-state index in [1.165, 1.54) is 48.5 Å². The van der Waals surface area contributed by atoms with E-state index in [1.54, 1.807) is 0 Å². The van der Waals surface area contributed by atoms with Gasteiger partial charge < -0.3 is 9.73 Å². The predicted molar refractivity (Wildman–Crippen MR) is 85.4 cm³/mol. The van der Waals surface area contributed by atoms with Crippen molar-refractivity contribution < 1.29 is 18.0 Å². The monoisotopic (exact) mass is 347 g/mol. The van der Waals surface area contributed by atoms with E-state index in [1.807, 2.05) is 0 Å². The van der Waals surface area contributed by atoms with E-state index in [4.69, 9.17) is 4.42 Å². The average molecular weight is 347 g/mol. The van der Waals surface area contributed by atoms with Crippen molar-refractivity contribution in [2.75, 3.05) is 11.1 Å². The number of carbonyl (C=O) groups is 1. The van der Waals surface area contributed by atoms with Crippen molar-refractivity contribution in [1.82, 2.24) is 10.2 Å². The highest BCUT2D eigenvalue weighted by atomic mass is 32.2. The lowest BCUT2D eigenvalue weighted by atomic mass is 10.2. The Labute approximate surface area is 140 Å². The molecule has 24 heavy (non-hydrogen) atoms. The van der Waals surface area contributed by atoms with Gasteiger partial charge in [0.25, 0.3) is 5.22 Å².